The van der Waals surface area contributed by atoms with Crippen LogP contribution in [0, 0.1) is 0 Å². The van der Waals surface area contributed by atoms with Crippen LogP contribution in [0.2, 0.25) is 0 Å². The van der Waals surface area contributed by atoms with Gasteiger partial charge in [-0.25, -0.2) is 14.5 Å². The summed E-state index contributed by atoms with van der Waals surface area (Å²) < 4.78 is 3.46. The van der Waals surface area contributed by atoms with Crippen molar-refractivity contribution < 1.29 is 0 Å². The van der Waals surface area contributed by atoms with Crippen molar-refractivity contribution in [3.05, 3.63) is 30.9 Å². The van der Waals surface area contributed by atoms with Crippen molar-refractivity contribution in [2.24, 2.45) is 12.0 Å². The normalized spacial score (nSPS) is 10.9. The molecule has 0 saturated heterocycles. The van der Waals surface area contributed by atoms with Crippen LogP contribution in [0.1, 0.15) is 0 Å². The minimum absolute atomic E-state index is 0.573. The first-order chi connectivity index (χ1) is 8.28. The van der Waals surface area contributed by atoms with Gasteiger partial charge in [-0.05, 0) is 12.8 Å². The van der Waals surface area contributed by atoms with Crippen LogP contribution >= 0.6 is 0 Å². The van der Waals surface area contributed by atoms with Crippen LogP contribution in [-0.2, 0) is 7.05 Å². The fourth-order valence-electron chi connectivity index (χ4n) is 1.72. The predicted molar refractivity (Wildman–Crippen MR) is 64.4 cm³/mol. The van der Waals surface area contributed by atoms with E-state index in [0.717, 1.165) is 16.8 Å². The fraction of sp³-hybridized carbons (Fsp3) is 0.0909. The lowest BCUT2D eigenvalue weighted by Gasteiger charge is -2.01. The lowest BCUT2D eigenvalue weighted by molar-refractivity contribution is 0.768. The number of aryl methyl sites for hydroxylation is 1. The highest BCUT2D eigenvalue weighted by atomic mass is 15.2. The smallest absolute Gasteiger partial charge is 0.178 e. The second kappa shape index (κ2) is 3.51. The third-order valence-corrected chi connectivity index (χ3v) is 2.52. The monoisotopic (exact) mass is 226 g/mol. The topological polar surface area (TPSA) is 60.4 Å². The van der Waals surface area contributed by atoms with Crippen molar-refractivity contribution in [3.8, 4) is 11.3 Å². The van der Waals surface area contributed by atoms with Gasteiger partial charge < -0.3 is 0 Å². The zero-order chi connectivity index (χ0) is 11.8. The highest BCUT2D eigenvalue weighted by molar-refractivity contribution is 5.70. The molecular formula is C11H10N6. The maximum atomic E-state index is 4.43. The SMILES string of the molecule is C=Nc1nc(-c2cnn(C)c2)cn2nccc12. The Morgan fingerprint density at radius 2 is 2.18 bits per heavy atom. The van der Waals surface area contributed by atoms with Gasteiger partial charge in [0.2, 0.25) is 0 Å². The van der Waals surface area contributed by atoms with Gasteiger partial charge in [0.1, 0.15) is 5.52 Å². The molecule has 0 aromatic carbocycles. The minimum Gasteiger partial charge on any atom is -0.275 e. The molecule has 3 aromatic heterocycles. The average molecular weight is 226 g/mol. The van der Waals surface area contributed by atoms with Crippen molar-refractivity contribution in [1.82, 2.24) is 24.4 Å². The summed E-state index contributed by atoms with van der Waals surface area (Å²) in [5.41, 5.74) is 2.54. The largest absolute Gasteiger partial charge is 0.275 e. The van der Waals surface area contributed by atoms with Crippen LogP contribution in [0.25, 0.3) is 16.8 Å². The number of aromatic nitrogens is 5. The quantitative estimate of drug-likeness (QED) is 0.621. The van der Waals surface area contributed by atoms with Gasteiger partial charge in [0.15, 0.2) is 5.82 Å². The Hall–Kier alpha value is -2.50. The standard InChI is InChI=1S/C11H10N6/c1-12-11-10-3-4-13-17(10)7-9(15-11)8-5-14-16(2)6-8/h3-7H,1H2,2H3. The van der Waals surface area contributed by atoms with Crippen LogP contribution in [0.3, 0.4) is 0 Å². The molecule has 0 amide bonds. The van der Waals surface area contributed by atoms with Crippen molar-refractivity contribution in [3.63, 3.8) is 0 Å². The molecule has 3 heterocycles. The van der Waals surface area contributed by atoms with Gasteiger partial charge >= 0.3 is 0 Å². The van der Waals surface area contributed by atoms with E-state index < -0.39 is 0 Å². The molecule has 0 atom stereocenters. The van der Waals surface area contributed by atoms with Crippen LogP contribution in [0.5, 0.6) is 0 Å². The van der Waals surface area contributed by atoms with E-state index in [4.69, 9.17) is 0 Å². The van der Waals surface area contributed by atoms with E-state index in [9.17, 15) is 0 Å². The average Bonchev–Trinajstić information content (AvgIpc) is 2.95. The molecule has 0 aliphatic rings. The van der Waals surface area contributed by atoms with E-state index in [0.29, 0.717) is 5.82 Å². The van der Waals surface area contributed by atoms with Gasteiger partial charge in [-0.1, -0.05) is 0 Å². The van der Waals surface area contributed by atoms with Crippen molar-refractivity contribution in [2.45, 2.75) is 0 Å². The van der Waals surface area contributed by atoms with Gasteiger partial charge in [-0.15, -0.1) is 0 Å². The molecule has 17 heavy (non-hydrogen) atoms. The first-order valence-corrected chi connectivity index (χ1v) is 5.08. The van der Waals surface area contributed by atoms with Crippen LogP contribution in [-0.4, -0.2) is 31.1 Å². The zero-order valence-corrected chi connectivity index (χ0v) is 9.28. The van der Waals surface area contributed by atoms with E-state index in [2.05, 4.69) is 26.9 Å². The first kappa shape index (κ1) is 9.71. The highest BCUT2D eigenvalue weighted by Gasteiger charge is 2.08. The number of aliphatic imine (C=N–C) groups is 1. The van der Waals surface area contributed by atoms with Gasteiger partial charge in [0.05, 0.1) is 24.3 Å². The molecule has 0 aliphatic carbocycles. The number of hydrogen-bond donors (Lipinski definition) is 0. The molecular weight excluding hydrogens is 216 g/mol. The molecule has 0 radical (unpaired) electrons. The van der Waals surface area contributed by atoms with E-state index in [1.54, 1.807) is 21.6 Å². The van der Waals surface area contributed by atoms with Crippen LogP contribution in [0.4, 0.5) is 5.82 Å². The first-order valence-electron chi connectivity index (χ1n) is 5.08. The molecule has 0 unspecified atom stereocenters. The van der Waals surface area contributed by atoms with Crippen molar-refractivity contribution >= 4 is 18.1 Å². The molecule has 0 bridgehead atoms. The molecule has 0 aliphatic heterocycles. The maximum Gasteiger partial charge on any atom is 0.178 e. The molecule has 0 N–H and O–H groups in total. The Balaban J connectivity index is 2.26. The van der Waals surface area contributed by atoms with Gasteiger partial charge in [-0.2, -0.15) is 10.2 Å². The zero-order valence-electron chi connectivity index (χ0n) is 9.28. The molecule has 3 aromatic rings. The summed E-state index contributed by atoms with van der Waals surface area (Å²) in [6.07, 6.45) is 7.20. The highest BCUT2D eigenvalue weighted by Crippen LogP contribution is 2.23. The number of rotatable bonds is 2. The predicted octanol–water partition coefficient (Wildman–Crippen LogP) is 1.46. The van der Waals surface area contributed by atoms with Gasteiger partial charge in [0.25, 0.3) is 0 Å². The lowest BCUT2D eigenvalue weighted by atomic mass is 10.2. The summed E-state index contributed by atoms with van der Waals surface area (Å²) in [6, 6.07) is 1.85. The van der Waals surface area contributed by atoms with Crippen molar-refractivity contribution in [1.29, 1.82) is 0 Å². The van der Waals surface area contributed by atoms with Crippen LogP contribution in [0.15, 0.2) is 35.8 Å². The minimum atomic E-state index is 0.573. The summed E-state index contributed by atoms with van der Waals surface area (Å²) in [5.74, 6) is 0.573. The summed E-state index contributed by atoms with van der Waals surface area (Å²) >= 11 is 0. The van der Waals surface area contributed by atoms with Gasteiger partial charge in [-0.3, -0.25) is 4.68 Å². The van der Waals surface area contributed by atoms with E-state index in [-0.39, 0.29) is 0 Å². The summed E-state index contributed by atoms with van der Waals surface area (Å²) in [6.45, 7) is 3.53. The van der Waals surface area contributed by atoms with Crippen LogP contribution < -0.4 is 0 Å². The molecule has 0 spiro atoms. The second-order valence-corrected chi connectivity index (χ2v) is 3.67. The fourth-order valence-corrected chi connectivity index (χ4v) is 1.72. The lowest BCUT2D eigenvalue weighted by Crippen LogP contribution is -1.92. The van der Waals surface area contributed by atoms with E-state index >= 15 is 0 Å². The van der Waals surface area contributed by atoms with Gasteiger partial charge in [0, 0.05) is 18.8 Å². The Labute approximate surface area is 97.2 Å². The van der Waals surface area contributed by atoms with Crippen molar-refractivity contribution in [2.75, 3.05) is 0 Å². The third-order valence-electron chi connectivity index (χ3n) is 2.52. The summed E-state index contributed by atoms with van der Waals surface area (Å²) in [4.78, 5) is 8.35. The third kappa shape index (κ3) is 1.50. The van der Waals surface area contributed by atoms with E-state index in [1.807, 2.05) is 25.5 Å². The number of hydrogen-bond acceptors (Lipinski definition) is 4. The molecule has 6 nitrogen and oxygen atoms in total. The Morgan fingerprint density at radius 1 is 1.29 bits per heavy atom. The number of nitrogens with zero attached hydrogens (tertiary/aromatic N) is 6. The molecule has 84 valence electrons. The molecule has 0 saturated carbocycles. The molecule has 6 heteroatoms. The number of fused-ring (bicyclic) bond motifs is 1. The van der Waals surface area contributed by atoms with E-state index in [1.165, 1.54) is 0 Å². The Kier molecular flexibility index (Phi) is 2.01. The Morgan fingerprint density at radius 3 is 2.88 bits per heavy atom. The maximum absolute atomic E-state index is 4.43. The summed E-state index contributed by atoms with van der Waals surface area (Å²) in [5, 5.41) is 8.30. The summed E-state index contributed by atoms with van der Waals surface area (Å²) in [7, 11) is 1.86. The second-order valence-electron chi connectivity index (χ2n) is 3.67. The Bertz CT molecular complexity index is 693. The molecule has 0 fully saturated rings. The molecule has 3 rings (SSSR count).